The number of ether oxygens (including phenoxy) is 3. The van der Waals surface area contributed by atoms with E-state index >= 15 is 0 Å². The highest BCUT2D eigenvalue weighted by atomic mass is 35.5. The van der Waals surface area contributed by atoms with Crippen molar-refractivity contribution >= 4 is 28.5 Å². The van der Waals surface area contributed by atoms with Gasteiger partial charge in [-0.25, -0.2) is 0 Å². The van der Waals surface area contributed by atoms with E-state index in [2.05, 4.69) is 13.8 Å². The van der Waals surface area contributed by atoms with Crippen molar-refractivity contribution in [3.05, 3.63) is 97.9 Å². The van der Waals surface area contributed by atoms with Gasteiger partial charge in [-0.2, -0.15) is 0 Å². The molecular formula is C33H34ClNO6. The van der Waals surface area contributed by atoms with Gasteiger partial charge in [0.05, 0.1) is 37.8 Å². The second-order valence-corrected chi connectivity index (χ2v) is 11.1. The molecule has 0 saturated heterocycles. The number of hydrogen-bond acceptors (Lipinski definition) is 6. The molecule has 1 unspecified atom stereocenters. The van der Waals surface area contributed by atoms with Gasteiger partial charge in [-0.15, -0.1) is 0 Å². The van der Waals surface area contributed by atoms with Gasteiger partial charge >= 0.3 is 0 Å². The molecule has 214 valence electrons. The normalized spacial score (nSPS) is 14.6. The minimum absolute atomic E-state index is 0.0557. The zero-order chi connectivity index (χ0) is 29.3. The average molecular weight is 576 g/mol. The molecule has 0 saturated carbocycles. The van der Waals surface area contributed by atoms with E-state index in [1.54, 1.807) is 31.3 Å². The van der Waals surface area contributed by atoms with E-state index in [0.717, 1.165) is 28.9 Å². The van der Waals surface area contributed by atoms with Crippen LogP contribution in [0.4, 0.5) is 0 Å². The quantitative estimate of drug-likeness (QED) is 0.203. The summed E-state index contributed by atoms with van der Waals surface area (Å²) in [5.41, 5.74) is 2.89. The van der Waals surface area contributed by atoms with E-state index < -0.39 is 6.04 Å². The van der Waals surface area contributed by atoms with Crippen LogP contribution in [0.1, 0.15) is 59.1 Å². The Kier molecular flexibility index (Phi) is 8.27. The number of benzene rings is 3. The summed E-state index contributed by atoms with van der Waals surface area (Å²) >= 11 is 6.38. The SMILES string of the molecule is COc1ccc(CCN2C(=O)c3oc4cc(C)c(Cl)cc4c(=O)c3C2c2ccc(OCCC(C)C)c(OC)c2)cc1. The Labute approximate surface area is 244 Å². The summed E-state index contributed by atoms with van der Waals surface area (Å²) in [5, 5.41) is 0.807. The van der Waals surface area contributed by atoms with Gasteiger partial charge in [-0.1, -0.05) is 43.6 Å². The van der Waals surface area contributed by atoms with Crippen molar-refractivity contribution in [1.29, 1.82) is 0 Å². The first kappa shape index (κ1) is 28.6. The van der Waals surface area contributed by atoms with Crippen LogP contribution >= 0.6 is 11.6 Å². The second kappa shape index (κ2) is 11.9. The predicted octanol–water partition coefficient (Wildman–Crippen LogP) is 6.98. The molecule has 0 N–H and O–H groups in total. The Balaban J connectivity index is 1.58. The van der Waals surface area contributed by atoms with Crippen LogP contribution in [0.15, 0.2) is 63.8 Å². The Morgan fingerprint density at radius 2 is 1.73 bits per heavy atom. The summed E-state index contributed by atoms with van der Waals surface area (Å²) in [6, 6.07) is 15.9. The van der Waals surface area contributed by atoms with Crippen LogP contribution in [0.5, 0.6) is 17.2 Å². The van der Waals surface area contributed by atoms with Gasteiger partial charge in [0.25, 0.3) is 5.91 Å². The third-order valence-electron chi connectivity index (χ3n) is 7.50. The lowest BCUT2D eigenvalue weighted by molar-refractivity contribution is 0.0730. The molecule has 3 aromatic carbocycles. The number of nitrogens with zero attached hydrogens (tertiary/aromatic N) is 1. The van der Waals surface area contributed by atoms with Crippen molar-refractivity contribution in [2.24, 2.45) is 5.92 Å². The largest absolute Gasteiger partial charge is 0.497 e. The summed E-state index contributed by atoms with van der Waals surface area (Å²) in [4.78, 5) is 29.5. The molecular weight excluding hydrogens is 542 g/mol. The Morgan fingerprint density at radius 3 is 2.41 bits per heavy atom. The summed E-state index contributed by atoms with van der Waals surface area (Å²) in [5.74, 6) is 2.13. The van der Waals surface area contributed by atoms with Crippen LogP contribution in [0.2, 0.25) is 5.02 Å². The molecule has 0 spiro atoms. The fourth-order valence-electron chi connectivity index (χ4n) is 5.14. The van der Waals surface area contributed by atoms with Crippen molar-refractivity contribution < 1.29 is 23.4 Å². The Bertz CT molecular complexity index is 1640. The molecule has 1 aliphatic heterocycles. The van der Waals surface area contributed by atoms with Gasteiger partial charge in [0.15, 0.2) is 16.9 Å². The first-order chi connectivity index (χ1) is 19.7. The van der Waals surface area contributed by atoms with E-state index in [1.807, 2.05) is 49.4 Å². The number of rotatable bonds is 10. The monoisotopic (exact) mass is 575 g/mol. The highest BCUT2D eigenvalue weighted by Crippen LogP contribution is 2.41. The van der Waals surface area contributed by atoms with Crippen LogP contribution in [0, 0.1) is 12.8 Å². The fourth-order valence-corrected chi connectivity index (χ4v) is 5.30. The second-order valence-electron chi connectivity index (χ2n) is 10.7. The molecule has 4 aromatic rings. The van der Waals surface area contributed by atoms with Crippen molar-refractivity contribution in [1.82, 2.24) is 4.90 Å². The molecule has 1 amide bonds. The lowest BCUT2D eigenvalue weighted by atomic mass is 9.97. The van der Waals surface area contributed by atoms with E-state index in [-0.39, 0.29) is 17.1 Å². The summed E-state index contributed by atoms with van der Waals surface area (Å²) < 4.78 is 23.1. The molecule has 1 atom stereocenters. The van der Waals surface area contributed by atoms with Crippen LogP contribution in [0.25, 0.3) is 11.0 Å². The smallest absolute Gasteiger partial charge is 0.290 e. The predicted molar refractivity (Wildman–Crippen MR) is 160 cm³/mol. The third-order valence-corrected chi connectivity index (χ3v) is 7.91. The fraction of sp³-hybridized carbons (Fsp3) is 0.333. The average Bonchev–Trinajstić information content (AvgIpc) is 3.24. The number of carbonyl (C=O) groups is 1. The van der Waals surface area contributed by atoms with E-state index in [1.165, 1.54) is 0 Å². The van der Waals surface area contributed by atoms with Crippen LogP contribution < -0.4 is 19.6 Å². The maximum Gasteiger partial charge on any atom is 0.290 e. The van der Waals surface area contributed by atoms with Gasteiger partial charge in [0.2, 0.25) is 5.76 Å². The number of hydrogen-bond donors (Lipinski definition) is 0. The van der Waals surface area contributed by atoms with Gasteiger partial charge < -0.3 is 23.5 Å². The maximum absolute atomic E-state index is 14.0. The Hall–Kier alpha value is -3.97. The molecule has 0 fully saturated rings. The maximum atomic E-state index is 14.0. The number of methoxy groups -OCH3 is 2. The molecule has 0 bridgehead atoms. The topological polar surface area (TPSA) is 78.2 Å². The molecule has 7 nitrogen and oxygen atoms in total. The van der Waals surface area contributed by atoms with E-state index in [4.69, 9.17) is 30.2 Å². The standard InChI is InChI=1S/C33H34ClNO6/c1-19(2)13-15-40-26-11-8-22(17-28(26)39-5)30-29-31(36)24-18-25(34)20(3)16-27(24)41-32(29)33(37)35(30)14-12-21-6-9-23(38-4)10-7-21/h6-11,16-19,30H,12-15H2,1-5H3. The summed E-state index contributed by atoms with van der Waals surface area (Å²) in [7, 11) is 3.20. The molecule has 2 heterocycles. The molecule has 5 rings (SSSR count). The molecule has 41 heavy (non-hydrogen) atoms. The van der Waals surface area contributed by atoms with E-state index in [0.29, 0.717) is 58.5 Å². The van der Waals surface area contributed by atoms with Gasteiger partial charge in [-0.05, 0) is 78.8 Å². The van der Waals surface area contributed by atoms with Gasteiger partial charge in [0.1, 0.15) is 11.3 Å². The van der Waals surface area contributed by atoms with Crippen LogP contribution in [0.3, 0.4) is 0 Å². The third kappa shape index (κ3) is 5.64. The van der Waals surface area contributed by atoms with Crippen molar-refractivity contribution in [2.45, 2.75) is 39.7 Å². The summed E-state index contributed by atoms with van der Waals surface area (Å²) in [6.45, 7) is 7.04. The minimum Gasteiger partial charge on any atom is -0.497 e. The summed E-state index contributed by atoms with van der Waals surface area (Å²) in [6.07, 6.45) is 1.48. The first-order valence-corrected chi connectivity index (χ1v) is 14.1. The number of fused-ring (bicyclic) bond motifs is 2. The van der Waals surface area contributed by atoms with Gasteiger partial charge in [0, 0.05) is 11.6 Å². The highest BCUT2D eigenvalue weighted by molar-refractivity contribution is 6.32. The lowest BCUT2D eigenvalue weighted by Gasteiger charge is -2.26. The lowest BCUT2D eigenvalue weighted by Crippen LogP contribution is -2.31. The van der Waals surface area contributed by atoms with Crippen molar-refractivity contribution in [3.8, 4) is 17.2 Å². The minimum atomic E-state index is -0.671. The first-order valence-electron chi connectivity index (χ1n) is 13.7. The van der Waals surface area contributed by atoms with Gasteiger partial charge in [-0.3, -0.25) is 9.59 Å². The van der Waals surface area contributed by atoms with Crippen LogP contribution in [-0.2, 0) is 6.42 Å². The molecule has 1 aliphatic rings. The number of amides is 1. The molecule has 1 aromatic heterocycles. The zero-order valence-corrected chi connectivity index (χ0v) is 24.7. The van der Waals surface area contributed by atoms with Crippen molar-refractivity contribution in [3.63, 3.8) is 0 Å². The van der Waals surface area contributed by atoms with E-state index in [9.17, 15) is 9.59 Å². The Morgan fingerprint density at radius 1 is 0.976 bits per heavy atom. The van der Waals surface area contributed by atoms with Crippen molar-refractivity contribution in [2.75, 3.05) is 27.4 Å². The van der Waals surface area contributed by atoms with Crippen LogP contribution in [-0.4, -0.2) is 38.2 Å². The number of carbonyl (C=O) groups excluding carboxylic acids is 1. The highest BCUT2D eigenvalue weighted by Gasteiger charge is 2.43. The zero-order valence-electron chi connectivity index (χ0n) is 24.0. The number of aryl methyl sites for hydroxylation is 1. The number of halogens is 1. The molecule has 8 heteroatoms. The molecule has 0 aliphatic carbocycles. The molecule has 0 radical (unpaired) electrons.